The number of hydrogen-bond donors (Lipinski definition) is 3. The lowest BCUT2D eigenvalue weighted by Crippen LogP contribution is -2.53. The van der Waals surface area contributed by atoms with E-state index in [0.29, 0.717) is 12.5 Å². The smallest absolute Gasteiger partial charge is 0.315 e. The Morgan fingerprint density at radius 3 is 2.70 bits per heavy atom. The predicted molar refractivity (Wildman–Crippen MR) is 90.5 cm³/mol. The van der Waals surface area contributed by atoms with E-state index in [-0.39, 0.29) is 18.7 Å². The molecule has 0 saturated heterocycles. The van der Waals surface area contributed by atoms with Crippen LogP contribution in [-0.4, -0.2) is 29.4 Å². The van der Waals surface area contributed by atoms with Gasteiger partial charge in [0.15, 0.2) is 0 Å². The molecule has 1 aliphatic rings. The van der Waals surface area contributed by atoms with Crippen LogP contribution in [0.3, 0.4) is 0 Å². The van der Waals surface area contributed by atoms with Gasteiger partial charge in [-0.1, -0.05) is 12.1 Å². The first-order valence-corrected chi connectivity index (χ1v) is 8.27. The Balaban J connectivity index is 1.96. The summed E-state index contributed by atoms with van der Waals surface area (Å²) in [7, 11) is 0. The van der Waals surface area contributed by atoms with E-state index in [2.05, 4.69) is 10.6 Å². The standard InChI is InChI=1S/C18H28N2O3/c1-12(2)23-16-9-13(3)5-6-14(16)10-19-17(22)20-18(4,11-21)15-7-8-15/h5-6,9,12,15,21H,7-8,10-11H2,1-4H3,(H2,19,20,22). The third kappa shape index (κ3) is 4.86. The van der Waals surface area contributed by atoms with Gasteiger partial charge in [0.2, 0.25) is 0 Å². The van der Waals surface area contributed by atoms with E-state index in [1.165, 1.54) is 0 Å². The van der Waals surface area contributed by atoms with Gasteiger partial charge < -0.3 is 20.5 Å². The van der Waals surface area contributed by atoms with Crippen LogP contribution in [0.2, 0.25) is 0 Å². The number of nitrogens with one attached hydrogen (secondary N) is 2. The fourth-order valence-electron chi connectivity index (χ4n) is 2.64. The zero-order chi connectivity index (χ0) is 17.0. The van der Waals surface area contributed by atoms with Gasteiger partial charge in [-0.05, 0) is 58.1 Å². The lowest BCUT2D eigenvalue weighted by atomic mass is 9.97. The van der Waals surface area contributed by atoms with Crippen LogP contribution in [0, 0.1) is 12.8 Å². The minimum Gasteiger partial charge on any atom is -0.491 e. The molecular weight excluding hydrogens is 292 g/mol. The second kappa shape index (κ2) is 7.21. The highest BCUT2D eigenvalue weighted by Gasteiger charge is 2.42. The monoisotopic (exact) mass is 320 g/mol. The molecule has 1 aromatic rings. The Hall–Kier alpha value is -1.75. The lowest BCUT2D eigenvalue weighted by molar-refractivity contribution is 0.155. The number of carbonyl (C=O) groups excluding carboxylic acids is 1. The van der Waals surface area contributed by atoms with Crippen molar-refractivity contribution in [1.29, 1.82) is 0 Å². The fraction of sp³-hybridized carbons (Fsp3) is 0.611. The fourth-order valence-corrected chi connectivity index (χ4v) is 2.64. The van der Waals surface area contributed by atoms with Crippen LogP contribution in [0.5, 0.6) is 5.75 Å². The maximum absolute atomic E-state index is 12.1. The van der Waals surface area contributed by atoms with Gasteiger partial charge in [-0.25, -0.2) is 4.79 Å². The van der Waals surface area contributed by atoms with Gasteiger partial charge in [-0.2, -0.15) is 0 Å². The molecule has 0 heterocycles. The van der Waals surface area contributed by atoms with Gasteiger partial charge in [0, 0.05) is 12.1 Å². The summed E-state index contributed by atoms with van der Waals surface area (Å²) >= 11 is 0. The van der Waals surface area contributed by atoms with E-state index < -0.39 is 5.54 Å². The minimum absolute atomic E-state index is 0.0443. The van der Waals surface area contributed by atoms with E-state index in [1.807, 2.05) is 45.9 Å². The summed E-state index contributed by atoms with van der Waals surface area (Å²) in [6.07, 6.45) is 2.19. The number of ether oxygens (including phenoxy) is 1. The van der Waals surface area contributed by atoms with Gasteiger partial charge in [-0.15, -0.1) is 0 Å². The summed E-state index contributed by atoms with van der Waals surface area (Å²) in [6.45, 7) is 8.21. The number of rotatable bonds is 7. The highest BCUT2D eigenvalue weighted by molar-refractivity contribution is 5.75. The van der Waals surface area contributed by atoms with Crippen LogP contribution in [0.25, 0.3) is 0 Å². The summed E-state index contributed by atoms with van der Waals surface area (Å²) in [5.74, 6) is 1.17. The minimum atomic E-state index is -0.533. The normalized spacial score (nSPS) is 16.8. The predicted octanol–water partition coefficient (Wildman–Crippen LogP) is 2.74. The van der Waals surface area contributed by atoms with E-state index in [1.54, 1.807) is 0 Å². The molecule has 0 spiro atoms. The van der Waals surface area contributed by atoms with Crippen molar-refractivity contribution in [2.75, 3.05) is 6.61 Å². The second-order valence-corrected chi connectivity index (χ2v) is 6.94. The summed E-state index contributed by atoms with van der Waals surface area (Å²) in [4.78, 5) is 12.1. The van der Waals surface area contributed by atoms with Crippen LogP contribution < -0.4 is 15.4 Å². The van der Waals surface area contributed by atoms with Crippen molar-refractivity contribution in [1.82, 2.24) is 10.6 Å². The number of hydrogen-bond acceptors (Lipinski definition) is 3. The van der Waals surface area contributed by atoms with Gasteiger partial charge in [0.1, 0.15) is 5.75 Å². The molecule has 23 heavy (non-hydrogen) atoms. The van der Waals surface area contributed by atoms with Gasteiger partial charge >= 0.3 is 6.03 Å². The Morgan fingerprint density at radius 1 is 1.43 bits per heavy atom. The molecule has 5 nitrogen and oxygen atoms in total. The Bertz CT molecular complexity index is 555. The maximum Gasteiger partial charge on any atom is 0.315 e. The van der Waals surface area contributed by atoms with E-state index in [9.17, 15) is 9.90 Å². The molecular formula is C18H28N2O3. The molecule has 1 saturated carbocycles. The van der Waals surface area contributed by atoms with E-state index in [4.69, 9.17) is 4.74 Å². The number of benzene rings is 1. The summed E-state index contributed by atoms with van der Waals surface area (Å²) in [5.41, 5.74) is 1.53. The molecule has 5 heteroatoms. The molecule has 3 N–H and O–H groups in total. The molecule has 128 valence electrons. The number of amides is 2. The molecule has 2 rings (SSSR count). The topological polar surface area (TPSA) is 70.6 Å². The van der Waals surface area contributed by atoms with Gasteiger partial charge in [0.05, 0.1) is 18.2 Å². The lowest BCUT2D eigenvalue weighted by Gasteiger charge is -2.28. The van der Waals surface area contributed by atoms with Crippen LogP contribution >= 0.6 is 0 Å². The Kier molecular flexibility index (Phi) is 5.52. The zero-order valence-corrected chi connectivity index (χ0v) is 14.5. The van der Waals surface area contributed by atoms with Crippen molar-refractivity contribution in [2.45, 2.75) is 58.7 Å². The number of carbonyl (C=O) groups is 1. The molecule has 1 aliphatic carbocycles. The van der Waals surface area contributed by atoms with Crippen molar-refractivity contribution in [3.8, 4) is 5.75 Å². The van der Waals surface area contributed by atoms with E-state index >= 15 is 0 Å². The zero-order valence-electron chi connectivity index (χ0n) is 14.5. The van der Waals surface area contributed by atoms with Crippen molar-refractivity contribution >= 4 is 6.03 Å². The summed E-state index contributed by atoms with van der Waals surface area (Å²) in [5, 5.41) is 15.3. The third-order valence-corrected chi connectivity index (χ3v) is 4.23. The molecule has 0 bridgehead atoms. The molecule has 1 unspecified atom stereocenters. The molecule has 0 aromatic heterocycles. The van der Waals surface area contributed by atoms with Gasteiger partial charge in [0.25, 0.3) is 0 Å². The average molecular weight is 320 g/mol. The largest absolute Gasteiger partial charge is 0.491 e. The molecule has 2 amide bonds. The van der Waals surface area contributed by atoms with Crippen molar-refractivity contribution in [2.24, 2.45) is 5.92 Å². The van der Waals surface area contributed by atoms with Crippen molar-refractivity contribution in [3.63, 3.8) is 0 Å². The quantitative estimate of drug-likeness (QED) is 0.723. The Labute approximate surface area is 138 Å². The van der Waals surface area contributed by atoms with Crippen LogP contribution in [0.15, 0.2) is 18.2 Å². The first-order chi connectivity index (χ1) is 10.8. The van der Waals surface area contributed by atoms with Crippen LogP contribution in [0.1, 0.15) is 44.7 Å². The van der Waals surface area contributed by atoms with Crippen molar-refractivity contribution < 1.29 is 14.6 Å². The van der Waals surface area contributed by atoms with Crippen LogP contribution in [0.4, 0.5) is 4.79 Å². The highest BCUT2D eigenvalue weighted by Crippen LogP contribution is 2.39. The second-order valence-electron chi connectivity index (χ2n) is 6.94. The van der Waals surface area contributed by atoms with Crippen LogP contribution in [-0.2, 0) is 6.54 Å². The number of aliphatic hydroxyl groups is 1. The molecule has 1 fully saturated rings. The number of aliphatic hydroxyl groups excluding tert-OH is 1. The SMILES string of the molecule is Cc1ccc(CNC(=O)NC(C)(CO)C2CC2)c(OC(C)C)c1. The first kappa shape index (κ1) is 17.6. The summed E-state index contributed by atoms with van der Waals surface area (Å²) < 4.78 is 5.82. The number of urea groups is 1. The van der Waals surface area contributed by atoms with E-state index in [0.717, 1.165) is 29.7 Å². The Morgan fingerprint density at radius 2 is 2.13 bits per heavy atom. The maximum atomic E-state index is 12.1. The highest BCUT2D eigenvalue weighted by atomic mass is 16.5. The summed E-state index contributed by atoms with van der Waals surface area (Å²) in [6, 6.07) is 5.70. The molecule has 0 aliphatic heterocycles. The van der Waals surface area contributed by atoms with Crippen molar-refractivity contribution in [3.05, 3.63) is 29.3 Å². The molecule has 1 atom stereocenters. The third-order valence-electron chi connectivity index (χ3n) is 4.23. The molecule has 0 radical (unpaired) electrons. The average Bonchev–Trinajstić information content (AvgIpc) is 3.30. The van der Waals surface area contributed by atoms with Gasteiger partial charge in [-0.3, -0.25) is 0 Å². The first-order valence-electron chi connectivity index (χ1n) is 8.27. The molecule has 1 aromatic carbocycles. The number of aryl methyl sites for hydroxylation is 1.